The molecule has 0 radical (unpaired) electrons. The third-order valence-corrected chi connectivity index (χ3v) is 9.81. The SMILES string of the molecule is [3H]BOC[C@@]1(C#C[Si](CC)(CC)CC)O[C@H]2OC(C)(C)OC2[C@@H]1O. The van der Waals surface area contributed by atoms with Crippen molar-refractivity contribution >= 4 is 16.1 Å². The summed E-state index contributed by atoms with van der Waals surface area (Å²) >= 11 is 0. The van der Waals surface area contributed by atoms with Crippen LogP contribution in [0.4, 0.5) is 0 Å². The molecule has 2 aliphatic heterocycles. The smallest absolute Gasteiger partial charge is 0.257 e. The number of aliphatic hydroxyl groups is 1. The maximum absolute atomic E-state index is 10.8. The molecule has 2 aliphatic rings. The lowest BCUT2D eigenvalue weighted by Gasteiger charge is -2.30. The van der Waals surface area contributed by atoms with Gasteiger partial charge in [0.1, 0.15) is 20.3 Å². The van der Waals surface area contributed by atoms with E-state index in [0.29, 0.717) is 0 Å². The van der Waals surface area contributed by atoms with E-state index in [-0.39, 0.29) is 14.6 Å². The van der Waals surface area contributed by atoms with E-state index in [1.54, 1.807) is 13.8 Å². The topological polar surface area (TPSA) is 57.2 Å². The molecule has 4 atom stereocenters. The summed E-state index contributed by atoms with van der Waals surface area (Å²) in [6.07, 6.45) is -2.23. The summed E-state index contributed by atoms with van der Waals surface area (Å²) in [6.45, 7) is 10.1. The fourth-order valence-corrected chi connectivity index (χ4v) is 5.78. The molecule has 0 spiro atoms. The summed E-state index contributed by atoms with van der Waals surface area (Å²) < 4.78 is 30.0. The quantitative estimate of drug-likeness (QED) is 0.581. The predicted molar refractivity (Wildman–Crippen MR) is 93.1 cm³/mol. The molecule has 2 saturated heterocycles. The van der Waals surface area contributed by atoms with Gasteiger partial charge in [-0.25, -0.2) is 0 Å². The predicted octanol–water partition coefficient (Wildman–Crippen LogP) is 1.21. The third kappa shape index (κ3) is 3.53. The molecule has 0 aromatic heterocycles. The Morgan fingerprint density at radius 1 is 1.22 bits per heavy atom. The lowest BCUT2D eigenvalue weighted by molar-refractivity contribution is -0.231. The van der Waals surface area contributed by atoms with Gasteiger partial charge in [-0.2, -0.15) is 0 Å². The van der Waals surface area contributed by atoms with E-state index in [0.717, 1.165) is 18.1 Å². The van der Waals surface area contributed by atoms with Crippen LogP contribution in [-0.2, 0) is 18.9 Å². The lowest BCUT2D eigenvalue weighted by atomic mass is 9.97. The summed E-state index contributed by atoms with van der Waals surface area (Å²) in [5.74, 6) is 2.41. The fourth-order valence-electron chi connectivity index (χ4n) is 3.27. The molecule has 1 unspecified atom stereocenters. The average Bonchev–Trinajstić information content (AvgIpc) is 2.99. The fraction of sp³-hybridized carbons (Fsp3) is 0.875. The molecule has 2 rings (SSSR count). The Morgan fingerprint density at radius 2 is 1.87 bits per heavy atom. The zero-order valence-electron chi connectivity index (χ0n) is 15.8. The second-order valence-electron chi connectivity index (χ2n) is 6.86. The zero-order chi connectivity index (χ0) is 18.0. The van der Waals surface area contributed by atoms with Crippen LogP contribution in [0.3, 0.4) is 0 Å². The van der Waals surface area contributed by atoms with E-state index in [2.05, 4.69) is 32.2 Å². The molecule has 0 saturated carbocycles. The van der Waals surface area contributed by atoms with Crippen LogP contribution in [0.5, 0.6) is 0 Å². The second-order valence-corrected chi connectivity index (χ2v) is 11.8. The van der Waals surface area contributed by atoms with Crippen molar-refractivity contribution < 1.29 is 24.0 Å². The van der Waals surface area contributed by atoms with Crippen molar-refractivity contribution in [1.82, 2.24) is 0 Å². The summed E-state index contributed by atoms with van der Waals surface area (Å²) in [7, 11) is -1.91. The number of hydrogen-bond acceptors (Lipinski definition) is 5. The maximum Gasteiger partial charge on any atom is 0.257 e. The lowest BCUT2D eigenvalue weighted by Crippen LogP contribution is -2.48. The Hall–Kier alpha value is -0.358. The molecule has 0 aromatic carbocycles. The normalized spacial score (nSPS) is 36.1. The molecule has 0 aliphatic carbocycles. The van der Waals surface area contributed by atoms with E-state index in [9.17, 15) is 5.11 Å². The van der Waals surface area contributed by atoms with Gasteiger partial charge in [-0.3, -0.25) is 0 Å². The second kappa shape index (κ2) is 6.87. The highest BCUT2D eigenvalue weighted by atomic mass is 28.3. The van der Waals surface area contributed by atoms with Gasteiger partial charge in [0, 0.05) is 1.34 Å². The molecule has 2 fully saturated rings. The first-order valence-electron chi connectivity index (χ1n) is 9.10. The highest BCUT2D eigenvalue weighted by Crippen LogP contribution is 2.42. The standard InChI is InChI=1S/C16H29BO5Si/c1-6-23(7-2,8-3)10-9-16(11-19-17)13(18)12-14(22-16)21-15(4,5)20-12/h12-14,18H,6-8,11,17H2,1-5H3/t12?,13-,14+,16+/m0/s1/i17T. The monoisotopic (exact) mass is 342 g/mol. The average molecular weight is 342 g/mol. The van der Waals surface area contributed by atoms with Gasteiger partial charge in [-0.05, 0) is 32.0 Å². The number of rotatable bonds is 6. The van der Waals surface area contributed by atoms with Crippen LogP contribution in [0.25, 0.3) is 0 Å². The van der Waals surface area contributed by atoms with Crippen LogP contribution < -0.4 is 0 Å². The molecular formula is C16H29BO5Si. The van der Waals surface area contributed by atoms with Crippen molar-refractivity contribution in [2.24, 2.45) is 0 Å². The first-order chi connectivity index (χ1) is 11.3. The number of ether oxygens (including phenoxy) is 3. The van der Waals surface area contributed by atoms with E-state index in [1.807, 2.05) is 0 Å². The molecule has 0 bridgehead atoms. The summed E-state index contributed by atoms with van der Waals surface area (Å²) in [4.78, 5) is 0. The first-order valence-corrected chi connectivity index (χ1v) is 11.0. The minimum Gasteiger partial charge on any atom is -0.440 e. The maximum atomic E-state index is 10.8. The first kappa shape index (κ1) is 17.5. The van der Waals surface area contributed by atoms with Gasteiger partial charge < -0.3 is 24.0 Å². The molecule has 7 heteroatoms. The van der Waals surface area contributed by atoms with Gasteiger partial charge in [0.25, 0.3) is 8.01 Å². The summed E-state index contributed by atoms with van der Waals surface area (Å²) in [5, 5.41) is 10.8. The van der Waals surface area contributed by atoms with E-state index < -0.39 is 38.0 Å². The Bertz CT molecular complexity index is 496. The Morgan fingerprint density at radius 3 is 2.39 bits per heavy atom. The molecule has 23 heavy (non-hydrogen) atoms. The van der Waals surface area contributed by atoms with E-state index in [1.165, 1.54) is 0 Å². The molecule has 130 valence electrons. The number of aliphatic hydroxyl groups excluding tert-OH is 1. The third-order valence-electron chi connectivity index (χ3n) is 5.09. The van der Waals surface area contributed by atoms with Crippen LogP contribution >= 0.6 is 0 Å². The largest absolute Gasteiger partial charge is 0.440 e. The number of hydrogen-bond donors (Lipinski definition) is 1. The molecule has 5 nitrogen and oxygen atoms in total. The van der Waals surface area contributed by atoms with Crippen LogP contribution in [0, 0.1) is 11.5 Å². The molecule has 1 N–H and O–H groups in total. The summed E-state index contributed by atoms with van der Waals surface area (Å²) in [6, 6.07) is 3.18. The minimum atomic E-state index is -1.70. The Kier molecular flexibility index (Phi) is 5.22. The molecular weight excluding hydrogens is 311 g/mol. The van der Waals surface area contributed by atoms with Gasteiger partial charge >= 0.3 is 0 Å². The minimum absolute atomic E-state index is 0.0342. The molecule has 2 heterocycles. The van der Waals surface area contributed by atoms with Crippen LogP contribution in [0.1, 0.15) is 34.6 Å². The van der Waals surface area contributed by atoms with E-state index in [4.69, 9.17) is 20.2 Å². The number of fused-ring (bicyclic) bond motifs is 1. The highest BCUT2D eigenvalue weighted by Gasteiger charge is 2.61. The van der Waals surface area contributed by atoms with Crippen molar-refractivity contribution in [3.63, 3.8) is 0 Å². The van der Waals surface area contributed by atoms with Gasteiger partial charge in [0.05, 0.1) is 6.61 Å². The Balaban J connectivity index is 2.30. The van der Waals surface area contributed by atoms with Gasteiger partial charge in [-0.1, -0.05) is 26.7 Å². The van der Waals surface area contributed by atoms with Gasteiger partial charge in [0.2, 0.25) is 0 Å². The molecule has 0 aromatic rings. The highest BCUT2D eigenvalue weighted by molar-refractivity contribution is 6.87. The van der Waals surface area contributed by atoms with Crippen molar-refractivity contribution in [2.75, 3.05) is 6.61 Å². The van der Waals surface area contributed by atoms with Crippen molar-refractivity contribution in [3.8, 4) is 11.5 Å². The van der Waals surface area contributed by atoms with Crippen molar-refractivity contribution in [3.05, 3.63) is 0 Å². The van der Waals surface area contributed by atoms with Crippen LogP contribution in [-0.4, -0.2) is 59.0 Å². The van der Waals surface area contributed by atoms with Crippen molar-refractivity contribution in [2.45, 2.75) is 82.6 Å². The van der Waals surface area contributed by atoms with Crippen molar-refractivity contribution in [1.29, 1.82) is 1.34 Å². The zero-order valence-corrected chi connectivity index (χ0v) is 15.8. The summed E-state index contributed by atoms with van der Waals surface area (Å²) in [5.41, 5.74) is 2.28. The Labute approximate surface area is 142 Å². The van der Waals surface area contributed by atoms with Gasteiger partial charge in [-0.15, -0.1) is 5.54 Å². The van der Waals surface area contributed by atoms with Crippen LogP contribution in [0.15, 0.2) is 0 Å². The van der Waals surface area contributed by atoms with Crippen LogP contribution in [0.2, 0.25) is 18.1 Å². The molecule has 0 amide bonds. The van der Waals surface area contributed by atoms with E-state index >= 15 is 0 Å². The van der Waals surface area contributed by atoms with Gasteiger partial charge in [0.15, 0.2) is 17.7 Å².